The molecule has 1 aliphatic heterocycles. The summed E-state index contributed by atoms with van der Waals surface area (Å²) < 4.78 is 0. The van der Waals surface area contributed by atoms with Gasteiger partial charge in [0.05, 0.1) is 12.1 Å². The molecule has 0 fully saturated rings. The molecule has 1 aliphatic rings. The fourth-order valence-electron chi connectivity index (χ4n) is 1.57. The van der Waals surface area contributed by atoms with Crippen LogP contribution in [0.15, 0.2) is 21.8 Å². The van der Waals surface area contributed by atoms with Crippen LogP contribution in [-0.4, -0.2) is 17.0 Å². The van der Waals surface area contributed by atoms with Gasteiger partial charge in [0.2, 0.25) is 0 Å². The predicted octanol–water partition coefficient (Wildman–Crippen LogP) is 3.53. The van der Waals surface area contributed by atoms with Crippen LogP contribution in [0.4, 0.5) is 0 Å². The Balaban J connectivity index is 1.98. The Morgan fingerprint density at radius 2 is 2.31 bits per heavy atom. The number of hydrogen-bond acceptors (Lipinski definition) is 4. The molecule has 0 bridgehead atoms. The lowest BCUT2D eigenvalue weighted by Crippen LogP contribution is -2.31. The summed E-state index contributed by atoms with van der Waals surface area (Å²) in [5.74, 6) is 1.86. The lowest BCUT2D eigenvalue weighted by Gasteiger charge is -2.25. The van der Waals surface area contributed by atoms with E-state index in [1.54, 1.807) is 11.3 Å². The first-order chi connectivity index (χ1) is 7.66. The zero-order valence-electron chi connectivity index (χ0n) is 9.93. The molecular weight excluding hydrogens is 236 g/mol. The molecule has 0 aliphatic carbocycles. The average Bonchev–Trinajstić information content (AvgIpc) is 2.77. The minimum Gasteiger partial charge on any atom is -0.358 e. The van der Waals surface area contributed by atoms with Gasteiger partial charge in [-0.15, -0.1) is 0 Å². The Morgan fingerprint density at radius 1 is 1.50 bits per heavy atom. The maximum atomic E-state index is 4.69. The normalized spacial score (nSPS) is 27.3. The van der Waals surface area contributed by atoms with Crippen LogP contribution in [0.3, 0.4) is 0 Å². The summed E-state index contributed by atoms with van der Waals surface area (Å²) in [5.41, 5.74) is 1.35. The van der Waals surface area contributed by atoms with Gasteiger partial charge < -0.3 is 5.32 Å². The second-order valence-corrected chi connectivity index (χ2v) is 6.17. The van der Waals surface area contributed by atoms with Crippen molar-refractivity contribution in [2.45, 2.75) is 32.9 Å². The van der Waals surface area contributed by atoms with Gasteiger partial charge in [-0.3, -0.25) is 4.99 Å². The van der Waals surface area contributed by atoms with Crippen LogP contribution in [0.2, 0.25) is 0 Å². The minimum atomic E-state index is 0.359. The summed E-state index contributed by atoms with van der Waals surface area (Å²) in [7, 11) is 0. The zero-order valence-corrected chi connectivity index (χ0v) is 11.6. The molecule has 2 nitrogen and oxygen atoms in total. The van der Waals surface area contributed by atoms with Crippen molar-refractivity contribution in [3.05, 3.63) is 22.4 Å². The van der Waals surface area contributed by atoms with Crippen LogP contribution in [0.5, 0.6) is 0 Å². The van der Waals surface area contributed by atoms with Gasteiger partial charge in [0.1, 0.15) is 0 Å². The Kier molecular flexibility index (Phi) is 3.92. The molecule has 0 amide bonds. The van der Waals surface area contributed by atoms with Crippen molar-refractivity contribution in [2.75, 3.05) is 5.75 Å². The molecule has 2 rings (SSSR count). The first-order valence-electron chi connectivity index (χ1n) is 5.66. The summed E-state index contributed by atoms with van der Waals surface area (Å²) in [6, 6.07) is 2.97. The van der Waals surface area contributed by atoms with Gasteiger partial charge in [-0.05, 0) is 42.2 Å². The number of rotatable bonds is 2. The van der Waals surface area contributed by atoms with Gasteiger partial charge in [0.25, 0.3) is 0 Å². The summed E-state index contributed by atoms with van der Waals surface area (Å²) in [4.78, 5) is 4.69. The summed E-state index contributed by atoms with van der Waals surface area (Å²) in [6.07, 6.45) is 0. The lowest BCUT2D eigenvalue weighted by atomic mass is 10.1. The van der Waals surface area contributed by atoms with Crippen molar-refractivity contribution in [1.82, 2.24) is 5.32 Å². The third-order valence-corrected chi connectivity index (χ3v) is 4.90. The van der Waals surface area contributed by atoms with Crippen LogP contribution < -0.4 is 5.32 Å². The number of thiophene rings is 1. The molecule has 4 heteroatoms. The number of nitrogens with one attached hydrogen (secondary N) is 1. The van der Waals surface area contributed by atoms with Gasteiger partial charge in [-0.2, -0.15) is 11.3 Å². The van der Waals surface area contributed by atoms with Crippen molar-refractivity contribution in [1.29, 1.82) is 0 Å². The Bertz CT molecular complexity index is 359. The number of thioether (sulfide) groups is 1. The molecular formula is C12H18N2S2. The molecule has 2 heterocycles. The highest BCUT2D eigenvalue weighted by Crippen LogP contribution is 2.24. The van der Waals surface area contributed by atoms with Crippen molar-refractivity contribution in [3.63, 3.8) is 0 Å². The number of aliphatic imine (C=N–C) groups is 1. The van der Waals surface area contributed by atoms with Gasteiger partial charge >= 0.3 is 0 Å². The van der Waals surface area contributed by atoms with Crippen LogP contribution >= 0.6 is 23.1 Å². The van der Waals surface area contributed by atoms with Crippen molar-refractivity contribution in [2.24, 2.45) is 10.9 Å². The summed E-state index contributed by atoms with van der Waals surface area (Å²) >= 11 is 3.59. The molecule has 1 aromatic rings. The minimum absolute atomic E-state index is 0.359. The molecule has 1 aromatic heterocycles. The fourth-order valence-corrected chi connectivity index (χ4v) is 3.52. The highest BCUT2D eigenvalue weighted by atomic mass is 32.2. The van der Waals surface area contributed by atoms with Crippen molar-refractivity contribution < 1.29 is 0 Å². The second-order valence-electron chi connectivity index (χ2n) is 4.39. The highest BCUT2D eigenvalue weighted by Gasteiger charge is 2.20. The lowest BCUT2D eigenvalue weighted by molar-refractivity contribution is 0.532. The maximum Gasteiger partial charge on any atom is 0.157 e. The summed E-state index contributed by atoms with van der Waals surface area (Å²) in [5, 5.41) is 8.90. The van der Waals surface area contributed by atoms with Crippen LogP contribution in [0.1, 0.15) is 32.4 Å². The van der Waals surface area contributed by atoms with Crippen molar-refractivity contribution in [3.8, 4) is 0 Å². The molecule has 3 atom stereocenters. The van der Waals surface area contributed by atoms with E-state index in [2.05, 4.69) is 47.9 Å². The zero-order chi connectivity index (χ0) is 11.5. The SMILES string of the molecule is CC(NC1=NC(C)C(C)CS1)c1ccsc1. The Morgan fingerprint density at radius 3 is 2.94 bits per heavy atom. The number of amidine groups is 1. The molecule has 0 spiro atoms. The molecule has 3 unspecified atom stereocenters. The monoisotopic (exact) mass is 254 g/mol. The maximum absolute atomic E-state index is 4.69. The van der Waals surface area contributed by atoms with E-state index in [-0.39, 0.29) is 0 Å². The first-order valence-corrected chi connectivity index (χ1v) is 7.59. The quantitative estimate of drug-likeness (QED) is 0.873. The largest absolute Gasteiger partial charge is 0.358 e. The van der Waals surface area contributed by atoms with Gasteiger partial charge in [0.15, 0.2) is 5.17 Å². The van der Waals surface area contributed by atoms with Gasteiger partial charge in [-0.1, -0.05) is 18.7 Å². The topological polar surface area (TPSA) is 24.4 Å². The van der Waals surface area contributed by atoms with E-state index in [9.17, 15) is 0 Å². The molecule has 1 N–H and O–H groups in total. The first kappa shape index (κ1) is 12.0. The predicted molar refractivity (Wildman–Crippen MR) is 74.4 cm³/mol. The fraction of sp³-hybridized carbons (Fsp3) is 0.583. The van der Waals surface area contributed by atoms with Gasteiger partial charge in [-0.25, -0.2) is 0 Å². The van der Waals surface area contributed by atoms with E-state index in [1.165, 1.54) is 11.3 Å². The van der Waals surface area contributed by atoms with E-state index < -0.39 is 0 Å². The molecule has 0 aromatic carbocycles. The van der Waals surface area contributed by atoms with E-state index in [0.717, 1.165) is 5.17 Å². The van der Waals surface area contributed by atoms with Crippen molar-refractivity contribution >= 4 is 28.3 Å². The molecule has 0 saturated heterocycles. The Labute approximate surface area is 106 Å². The third kappa shape index (κ3) is 2.80. The number of hydrogen-bond donors (Lipinski definition) is 1. The summed E-state index contributed by atoms with van der Waals surface area (Å²) in [6.45, 7) is 6.65. The van der Waals surface area contributed by atoms with E-state index >= 15 is 0 Å². The van der Waals surface area contributed by atoms with Gasteiger partial charge in [0, 0.05) is 5.75 Å². The number of nitrogens with zero attached hydrogens (tertiary/aromatic N) is 1. The van der Waals surface area contributed by atoms with Crippen LogP contribution in [0.25, 0.3) is 0 Å². The molecule has 88 valence electrons. The van der Waals surface area contributed by atoms with Crippen LogP contribution in [-0.2, 0) is 0 Å². The highest BCUT2D eigenvalue weighted by molar-refractivity contribution is 8.13. The van der Waals surface area contributed by atoms with E-state index in [4.69, 9.17) is 0 Å². The molecule has 0 saturated carbocycles. The Hall–Kier alpha value is -0.480. The standard InChI is InChI=1S/C12H18N2S2/c1-8-6-16-12(13-9(8)2)14-10(3)11-4-5-15-7-11/h4-5,7-10H,6H2,1-3H3,(H,13,14). The molecule has 0 radical (unpaired) electrons. The van der Waals surface area contributed by atoms with Crippen LogP contribution in [0, 0.1) is 5.92 Å². The molecule has 16 heavy (non-hydrogen) atoms. The van der Waals surface area contributed by atoms with E-state index in [1.807, 2.05) is 11.8 Å². The van der Waals surface area contributed by atoms with E-state index in [0.29, 0.717) is 18.0 Å². The second kappa shape index (κ2) is 5.23. The smallest absolute Gasteiger partial charge is 0.157 e. The third-order valence-electron chi connectivity index (χ3n) is 3.01. The average molecular weight is 254 g/mol.